The minimum atomic E-state index is 1.02. The molecular formula is C13H21NS. The van der Waals surface area contributed by atoms with Crippen molar-refractivity contribution in [1.82, 2.24) is 5.32 Å². The van der Waals surface area contributed by atoms with Crippen LogP contribution in [-0.4, -0.2) is 6.54 Å². The summed E-state index contributed by atoms with van der Waals surface area (Å²) < 4.78 is 0. The maximum Gasteiger partial charge on any atom is 0.0216 e. The Morgan fingerprint density at radius 2 is 2.20 bits per heavy atom. The topological polar surface area (TPSA) is 12.0 Å². The van der Waals surface area contributed by atoms with E-state index in [0.29, 0.717) is 0 Å². The SMILES string of the molecule is C=CCCCCCNCc1cscc1C. The van der Waals surface area contributed by atoms with Crippen molar-refractivity contribution >= 4 is 11.3 Å². The van der Waals surface area contributed by atoms with Gasteiger partial charge in [0.1, 0.15) is 0 Å². The van der Waals surface area contributed by atoms with Crippen molar-refractivity contribution in [3.63, 3.8) is 0 Å². The lowest BCUT2D eigenvalue weighted by Gasteiger charge is -2.03. The Labute approximate surface area is 97.2 Å². The second-order valence-corrected chi connectivity index (χ2v) is 4.64. The molecule has 2 heteroatoms. The number of unbranched alkanes of at least 4 members (excludes halogenated alkanes) is 3. The van der Waals surface area contributed by atoms with Gasteiger partial charge in [0.05, 0.1) is 0 Å². The highest BCUT2D eigenvalue weighted by atomic mass is 32.1. The van der Waals surface area contributed by atoms with E-state index >= 15 is 0 Å². The Balaban J connectivity index is 1.98. The maximum atomic E-state index is 3.72. The van der Waals surface area contributed by atoms with E-state index in [0.717, 1.165) is 19.5 Å². The number of aryl methyl sites for hydroxylation is 1. The van der Waals surface area contributed by atoms with E-state index in [2.05, 4.69) is 29.6 Å². The van der Waals surface area contributed by atoms with Gasteiger partial charge in [0.25, 0.3) is 0 Å². The monoisotopic (exact) mass is 223 g/mol. The van der Waals surface area contributed by atoms with Crippen LogP contribution in [0, 0.1) is 6.92 Å². The van der Waals surface area contributed by atoms with Crippen molar-refractivity contribution in [3.05, 3.63) is 34.5 Å². The predicted octanol–water partition coefficient (Wildman–Crippen LogP) is 3.89. The molecule has 1 nitrogen and oxygen atoms in total. The van der Waals surface area contributed by atoms with Crippen LogP contribution in [0.25, 0.3) is 0 Å². The summed E-state index contributed by atoms with van der Waals surface area (Å²) in [5.41, 5.74) is 2.87. The summed E-state index contributed by atoms with van der Waals surface area (Å²) in [5.74, 6) is 0. The van der Waals surface area contributed by atoms with Crippen LogP contribution in [0.4, 0.5) is 0 Å². The van der Waals surface area contributed by atoms with E-state index in [4.69, 9.17) is 0 Å². The third-order valence-electron chi connectivity index (χ3n) is 2.54. The van der Waals surface area contributed by atoms with Crippen molar-refractivity contribution in [1.29, 1.82) is 0 Å². The van der Waals surface area contributed by atoms with Crippen molar-refractivity contribution in [2.45, 2.75) is 39.2 Å². The van der Waals surface area contributed by atoms with E-state index in [-0.39, 0.29) is 0 Å². The summed E-state index contributed by atoms with van der Waals surface area (Å²) in [5, 5.41) is 7.93. The van der Waals surface area contributed by atoms with Crippen LogP contribution < -0.4 is 5.32 Å². The smallest absolute Gasteiger partial charge is 0.0216 e. The van der Waals surface area contributed by atoms with Gasteiger partial charge >= 0.3 is 0 Å². The zero-order valence-electron chi connectivity index (χ0n) is 9.59. The summed E-state index contributed by atoms with van der Waals surface area (Å²) in [6.45, 7) is 8.06. The van der Waals surface area contributed by atoms with Crippen LogP contribution in [0.15, 0.2) is 23.4 Å². The minimum absolute atomic E-state index is 1.02. The van der Waals surface area contributed by atoms with E-state index in [1.54, 1.807) is 11.3 Å². The summed E-state index contributed by atoms with van der Waals surface area (Å²) in [7, 11) is 0. The Morgan fingerprint density at radius 1 is 1.33 bits per heavy atom. The van der Waals surface area contributed by atoms with Crippen LogP contribution in [0.3, 0.4) is 0 Å². The van der Waals surface area contributed by atoms with Gasteiger partial charge in [-0.25, -0.2) is 0 Å². The highest BCUT2D eigenvalue weighted by molar-refractivity contribution is 7.08. The molecular weight excluding hydrogens is 202 g/mol. The van der Waals surface area contributed by atoms with Gasteiger partial charge in [-0.15, -0.1) is 6.58 Å². The summed E-state index contributed by atoms with van der Waals surface area (Å²) >= 11 is 1.79. The van der Waals surface area contributed by atoms with Crippen LogP contribution in [-0.2, 0) is 6.54 Å². The lowest BCUT2D eigenvalue weighted by atomic mass is 10.2. The van der Waals surface area contributed by atoms with Gasteiger partial charge in [-0.3, -0.25) is 0 Å². The van der Waals surface area contributed by atoms with Crippen LogP contribution in [0.1, 0.15) is 36.8 Å². The molecule has 0 amide bonds. The highest BCUT2D eigenvalue weighted by Gasteiger charge is 1.97. The molecule has 0 bridgehead atoms. The zero-order chi connectivity index (χ0) is 10.9. The third kappa shape index (κ3) is 5.14. The van der Waals surface area contributed by atoms with Crippen molar-refractivity contribution in [2.75, 3.05) is 6.54 Å². The summed E-state index contributed by atoms with van der Waals surface area (Å²) in [6, 6.07) is 0. The standard InChI is InChI=1S/C13H21NS/c1-3-4-5-6-7-8-14-9-13-11-15-10-12(13)2/h3,10-11,14H,1,4-9H2,2H3. The van der Waals surface area contributed by atoms with Gasteiger partial charge in [-0.2, -0.15) is 11.3 Å². The Morgan fingerprint density at radius 3 is 2.87 bits per heavy atom. The van der Waals surface area contributed by atoms with E-state index in [1.807, 2.05) is 6.08 Å². The minimum Gasteiger partial charge on any atom is -0.313 e. The van der Waals surface area contributed by atoms with Gasteiger partial charge in [-0.05, 0) is 54.6 Å². The van der Waals surface area contributed by atoms with E-state index < -0.39 is 0 Å². The second kappa shape index (κ2) is 7.66. The average molecular weight is 223 g/mol. The second-order valence-electron chi connectivity index (χ2n) is 3.89. The van der Waals surface area contributed by atoms with Gasteiger partial charge in [0, 0.05) is 6.54 Å². The van der Waals surface area contributed by atoms with Crippen LogP contribution in [0.5, 0.6) is 0 Å². The Hall–Kier alpha value is -0.600. The van der Waals surface area contributed by atoms with Gasteiger partial charge in [0.2, 0.25) is 0 Å². The molecule has 0 spiro atoms. The first kappa shape index (κ1) is 12.5. The lowest BCUT2D eigenvalue weighted by molar-refractivity contribution is 0.606. The molecule has 1 N–H and O–H groups in total. The molecule has 0 radical (unpaired) electrons. The first-order valence-corrected chi connectivity index (χ1v) is 6.62. The molecule has 0 aliphatic carbocycles. The number of allylic oxidation sites excluding steroid dienone is 1. The fraction of sp³-hybridized carbons (Fsp3) is 0.538. The van der Waals surface area contributed by atoms with Crippen molar-refractivity contribution < 1.29 is 0 Å². The molecule has 0 aromatic carbocycles. The van der Waals surface area contributed by atoms with Gasteiger partial charge < -0.3 is 5.32 Å². The van der Waals surface area contributed by atoms with Crippen LogP contribution >= 0.6 is 11.3 Å². The third-order valence-corrected chi connectivity index (χ3v) is 3.45. The lowest BCUT2D eigenvalue weighted by Crippen LogP contribution is -2.14. The van der Waals surface area contributed by atoms with Gasteiger partial charge in [-0.1, -0.05) is 12.5 Å². The first-order valence-electron chi connectivity index (χ1n) is 5.68. The molecule has 0 atom stereocenters. The molecule has 84 valence electrons. The highest BCUT2D eigenvalue weighted by Crippen LogP contribution is 2.12. The molecule has 1 rings (SSSR count). The van der Waals surface area contributed by atoms with Crippen LogP contribution in [0.2, 0.25) is 0 Å². The summed E-state index contributed by atoms with van der Waals surface area (Å²) in [4.78, 5) is 0. The normalized spacial score (nSPS) is 10.5. The molecule has 1 heterocycles. The number of nitrogens with one attached hydrogen (secondary N) is 1. The largest absolute Gasteiger partial charge is 0.313 e. The molecule has 0 fully saturated rings. The molecule has 1 aromatic rings. The molecule has 15 heavy (non-hydrogen) atoms. The fourth-order valence-corrected chi connectivity index (χ4v) is 2.36. The fourth-order valence-electron chi connectivity index (χ4n) is 1.51. The maximum absolute atomic E-state index is 3.72. The number of hydrogen-bond donors (Lipinski definition) is 1. The van der Waals surface area contributed by atoms with Gasteiger partial charge in [0.15, 0.2) is 0 Å². The molecule has 0 aliphatic rings. The quantitative estimate of drug-likeness (QED) is 0.521. The molecule has 0 unspecified atom stereocenters. The molecule has 0 saturated heterocycles. The zero-order valence-corrected chi connectivity index (χ0v) is 10.4. The number of hydrogen-bond acceptors (Lipinski definition) is 2. The molecule has 0 saturated carbocycles. The summed E-state index contributed by atoms with van der Waals surface area (Å²) in [6.07, 6.45) is 7.02. The predicted molar refractivity (Wildman–Crippen MR) is 69.4 cm³/mol. The van der Waals surface area contributed by atoms with Crippen molar-refractivity contribution in [2.24, 2.45) is 0 Å². The first-order chi connectivity index (χ1) is 7.34. The number of thiophene rings is 1. The number of rotatable bonds is 8. The molecule has 1 aromatic heterocycles. The van der Waals surface area contributed by atoms with E-state index in [9.17, 15) is 0 Å². The molecule has 0 aliphatic heterocycles. The average Bonchev–Trinajstić information content (AvgIpc) is 2.63. The Kier molecular flexibility index (Phi) is 6.37. The Bertz CT molecular complexity index is 278. The van der Waals surface area contributed by atoms with E-state index in [1.165, 1.54) is 30.4 Å². The van der Waals surface area contributed by atoms with Crippen molar-refractivity contribution in [3.8, 4) is 0 Å².